The van der Waals surface area contributed by atoms with Gasteiger partial charge in [0.1, 0.15) is 5.00 Å². The number of hydrogen-bond acceptors (Lipinski definition) is 5. The third-order valence-corrected chi connectivity index (χ3v) is 5.85. The normalized spacial score (nSPS) is 13.8. The Labute approximate surface area is 163 Å². The number of rotatable bonds is 5. The van der Waals surface area contributed by atoms with Crippen LogP contribution < -0.4 is 5.32 Å². The molecule has 0 fully saturated rings. The fraction of sp³-hybridized carbons (Fsp3) is 0.450. The summed E-state index contributed by atoms with van der Waals surface area (Å²) in [5.41, 5.74) is 3.44. The molecule has 2 aromatic heterocycles. The number of esters is 1. The van der Waals surface area contributed by atoms with Gasteiger partial charge in [-0.25, -0.2) is 4.79 Å². The standard InChI is InChI=1S/C20H25N3O3S/c1-12(2)26-20(25)18-15-7-5-6-8-16(15)27-19(18)22-17(24)10-9-14-11-21-23(4)13(14)3/h9-12H,5-8H2,1-4H3,(H,22,24). The summed E-state index contributed by atoms with van der Waals surface area (Å²) >= 11 is 1.49. The SMILES string of the molecule is Cc1c(C=CC(=O)Nc2sc3c(c2C(=O)OC(C)C)CCCC3)cnn1C. The molecule has 0 radical (unpaired) electrons. The summed E-state index contributed by atoms with van der Waals surface area (Å²) in [6, 6.07) is 0. The Morgan fingerprint density at radius 2 is 2.07 bits per heavy atom. The summed E-state index contributed by atoms with van der Waals surface area (Å²) in [6.45, 7) is 5.60. The van der Waals surface area contributed by atoms with E-state index < -0.39 is 0 Å². The fourth-order valence-corrected chi connectivity index (χ4v) is 4.42. The predicted molar refractivity (Wildman–Crippen MR) is 107 cm³/mol. The Kier molecular flexibility index (Phi) is 5.79. The van der Waals surface area contributed by atoms with Gasteiger partial charge in [-0.3, -0.25) is 9.48 Å². The summed E-state index contributed by atoms with van der Waals surface area (Å²) in [6.07, 6.45) is 8.69. The summed E-state index contributed by atoms with van der Waals surface area (Å²) in [4.78, 5) is 26.2. The van der Waals surface area contributed by atoms with Crippen LogP contribution in [0.4, 0.5) is 5.00 Å². The van der Waals surface area contributed by atoms with Crippen molar-refractivity contribution in [3.8, 4) is 0 Å². The van der Waals surface area contributed by atoms with E-state index in [9.17, 15) is 9.59 Å². The van der Waals surface area contributed by atoms with Crippen LogP contribution in [0.1, 0.15) is 58.7 Å². The molecular weight excluding hydrogens is 362 g/mol. The van der Waals surface area contributed by atoms with E-state index in [1.807, 2.05) is 27.8 Å². The number of anilines is 1. The molecule has 0 atom stereocenters. The van der Waals surface area contributed by atoms with Gasteiger partial charge in [0.15, 0.2) is 0 Å². The van der Waals surface area contributed by atoms with E-state index in [1.165, 1.54) is 22.3 Å². The van der Waals surface area contributed by atoms with Crippen LogP contribution in [0.25, 0.3) is 6.08 Å². The second-order valence-corrected chi connectivity index (χ2v) is 8.11. The van der Waals surface area contributed by atoms with Gasteiger partial charge in [0.2, 0.25) is 5.91 Å². The van der Waals surface area contributed by atoms with Crippen LogP contribution in [-0.4, -0.2) is 27.8 Å². The minimum Gasteiger partial charge on any atom is -0.459 e. The maximum absolute atomic E-state index is 12.6. The minimum absolute atomic E-state index is 0.200. The van der Waals surface area contributed by atoms with Crippen LogP contribution in [-0.2, 0) is 29.4 Å². The van der Waals surface area contributed by atoms with Crippen molar-refractivity contribution in [3.63, 3.8) is 0 Å². The molecule has 1 aliphatic rings. The molecule has 0 saturated carbocycles. The Morgan fingerprint density at radius 1 is 1.33 bits per heavy atom. The summed E-state index contributed by atoms with van der Waals surface area (Å²) in [5, 5.41) is 7.63. The minimum atomic E-state index is -0.355. The van der Waals surface area contributed by atoms with Crippen LogP contribution in [0.15, 0.2) is 12.3 Å². The van der Waals surface area contributed by atoms with Crippen molar-refractivity contribution in [1.82, 2.24) is 9.78 Å². The number of thiophene rings is 1. The number of hydrogen-bond donors (Lipinski definition) is 1. The number of nitrogens with zero attached hydrogens (tertiary/aromatic N) is 2. The van der Waals surface area contributed by atoms with Crippen molar-refractivity contribution in [1.29, 1.82) is 0 Å². The van der Waals surface area contributed by atoms with Crippen molar-refractivity contribution in [2.45, 2.75) is 52.6 Å². The molecule has 0 aromatic carbocycles. The lowest BCUT2D eigenvalue weighted by Gasteiger charge is -2.14. The van der Waals surface area contributed by atoms with Gasteiger partial charge in [0.25, 0.3) is 0 Å². The van der Waals surface area contributed by atoms with Crippen molar-refractivity contribution >= 4 is 34.3 Å². The van der Waals surface area contributed by atoms with Gasteiger partial charge in [0.05, 0.1) is 17.9 Å². The fourth-order valence-electron chi connectivity index (χ4n) is 3.14. The van der Waals surface area contributed by atoms with Crippen LogP contribution in [0, 0.1) is 6.92 Å². The van der Waals surface area contributed by atoms with Crippen molar-refractivity contribution in [2.24, 2.45) is 7.05 Å². The highest BCUT2D eigenvalue weighted by molar-refractivity contribution is 7.17. The number of amides is 1. The van der Waals surface area contributed by atoms with Crippen LogP contribution >= 0.6 is 11.3 Å². The number of aromatic nitrogens is 2. The lowest BCUT2D eigenvalue weighted by molar-refractivity contribution is -0.111. The molecule has 0 spiro atoms. The topological polar surface area (TPSA) is 73.2 Å². The Hall–Kier alpha value is -2.41. The zero-order chi connectivity index (χ0) is 19.6. The average Bonchev–Trinajstić information content (AvgIpc) is 3.13. The molecule has 1 amide bonds. The molecule has 27 heavy (non-hydrogen) atoms. The number of nitrogens with one attached hydrogen (secondary N) is 1. The third-order valence-electron chi connectivity index (χ3n) is 4.64. The highest BCUT2D eigenvalue weighted by Crippen LogP contribution is 2.38. The largest absolute Gasteiger partial charge is 0.459 e. The van der Waals surface area contributed by atoms with Crippen molar-refractivity contribution in [3.05, 3.63) is 39.5 Å². The maximum atomic E-state index is 12.6. The first kappa shape index (κ1) is 19.4. The average molecular weight is 388 g/mol. The number of fused-ring (bicyclic) bond motifs is 1. The highest BCUT2D eigenvalue weighted by atomic mass is 32.1. The Bertz CT molecular complexity index is 893. The molecule has 1 aliphatic carbocycles. The lowest BCUT2D eigenvalue weighted by Crippen LogP contribution is -2.17. The summed E-state index contributed by atoms with van der Waals surface area (Å²) < 4.78 is 7.17. The molecule has 1 N–H and O–H groups in total. The second kappa shape index (κ2) is 8.08. The van der Waals surface area contributed by atoms with Gasteiger partial charge in [-0.05, 0) is 58.1 Å². The van der Waals surface area contributed by atoms with E-state index in [0.29, 0.717) is 10.6 Å². The monoisotopic (exact) mass is 387 g/mol. The van der Waals surface area contributed by atoms with Gasteiger partial charge < -0.3 is 10.1 Å². The first-order valence-electron chi connectivity index (χ1n) is 9.20. The van der Waals surface area contributed by atoms with E-state index >= 15 is 0 Å². The molecule has 2 aromatic rings. The highest BCUT2D eigenvalue weighted by Gasteiger charge is 2.27. The summed E-state index contributed by atoms with van der Waals surface area (Å²) in [7, 11) is 1.86. The zero-order valence-corrected chi connectivity index (χ0v) is 17.0. The molecule has 0 bridgehead atoms. The van der Waals surface area contributed by atoms with Gasteiger partial charge in [0, 0.05) is 29.3 Å². The first-order chi connectivity index (χ1) is 12.9. The Morgan fingerprint density at radius 3 is 2.74 bits per heavy atom. The summed E-state index contributed by atoms with van der Waals surface area (Å²) in [5.74, 6) is -0.623. The smallest absolute Gasteiger partial charge is 0.341 e. The quantitative estimate of drug-likeness (QED) is 0.624. The molecule has 7 heteroatoms. The molecular formula is C20H25N3O3S. The molecule has 3 rings (SSSR count). The van der Waals surface area contributed by atoms with Crippen LogP contribution in [0.2, 0.25) is 0 Å². The van der Waals surface area contributed by atoms with E-state index in [2.05, 4.69) is 10.4 Å². The number of ether oxygens (including phenoxy) is 1. The van der Waals surface area contributed by atoms with E-state index in [1.54, 1.807) is 17.0 Å². The lowest BCUT2D eigenvalue weighted by atomic mass is 9.95. The van der Waals surface area contributed by atoms with E-state index in [0.717, 1.165) is 42.5 Å². The van der Waals surface area contributed by atoms with Gasteiger partial charge in [-0.2, -0.15) is 5.10 Å². The molecule has 2 heterocycles. The number of carbonyl (C=O) groups is 2. The molecule has 144 valence electrons. The van der Waals surface area contributed by atoms with Crippen LogP contribution in [0.3, 0.4) is 0 Å². The first-order valence-corrected chi connectivity index (χ1v) is 10.0. The predicted octanol–water partition coefficient (Wildman–Crippen LogP) is 3.89. The van der Waals surface area contributed by atoms with Gasteiger partial charge in [-0.15, -0.1) is 11.3 Å². The zero-order valence-electron chi connectivity index (χ0n) is 16.2. The number of aryl methyl sites for hydroxylation is 2. The molecule has 0 aliphatic heterocycles. The Balaban J connectivity index is 1.83. The van der Waals surface area contributed by atoms with Crippen molar-refractivity contribution in [2.75, 3.05) is 5.32 Å². The second-order valence-electron chi connectivity index (χ2n) is 7.00. The van der Waals surface area contributed by atoms with E-state index in [-0.39, 0.29) is 18.0 Å². The molecule has 0 unspecified atom stereocenters. The third kappa shape index (κ3) is 4.30. The van der Waals surface area contributed by atoms with E-state index in [4.69, 9.17) is 4.74 Å². The van der Waals surface area contributed by atoms with Crippen molar-refractivity contribution < 1.29 is 14.3 Å². The molecule has 0 saturated heterocycles. The maximum Gasteiger partial charge on any atom is 0.341 e. The molecule has 6 nitrogen and oxygen atoms in total. The van der Waals surface area contributed by atoms with Gasteiger partial charge in [-0.1, -0.05) is 0 Å². The van der Waals surface area contributed by atoms with Crippen LogP contribution in [0.5, 0.6) is 0 Å². The van der Waals surface area contributed by atoms with Gasteiger partial charge >= 0.3 is 5.97 Å². The number of carbonyl (C=O) groups excluding carboxylic acids is 2.